The zero-order valence-electron chi connectivity index (χ0n) is 12.6. The third-order valence-corrected chi connectivity index (χ3v) is 3.22. The minimum atomic E-state index is -4.72. The van der Waals surface area contributed by atoms with Crippen molar-refractivity contribution in [2.75, 3.05) is 0 Å². The quantitative estimate of drug-likeness (QED) is 0.875. The van der Waals surface area contributed by atoms with Gasteiger partial charge in [-0.15, -0.1) is 0 Å². The SMILES string of the molecule is Cc1ccc(C(NC(=O)c2ccc(CC(=O)O)cc2)C(F)(F)F)o1. The van der Waals surface area contributed by atoms with Gasteiger partial charge in [0.05, 0.1) is 6.42 Å². The van der Waals surface area contributed by atoms with Gasteiger partial charge in [0.1, 0.15) is 11.5 Å². The van der Waals surface area contributed by atoms with E-state index in [1.807, 2.05) is 5.32 Å². The Hall–Kier alpha value is -2.77. The number of hydrogen-bond donors (Lipinski definition) is 2. The van der Waals surface area contributed by atoms with Gasteiger partial charge >= 0.3 is 12.1 Å². The van der Waals surface area contributed by atoms with E-state index in [0.717, 1.165) is 6.07 Å². The minimum absolute atomic E-state index is 0.0123. The lowest BCUT2D eigenvalue weighted by atomic mass is 10.1. The Bertz CT molecular complexity index is 735. The Kier molecular flexibility index (Phi) is 4.96. The van der Waals surface area contributed by atoms with E-state index in [9.17, 15) is 22.8 Å². The number of rotatable bonds is 5. The van der Waals surface area contributed by atoms with E-state index in [-0.39, 0.29) is 12.0 Å². The monoisotopic (exact) mass is 341 g/mol. The van der Waals surface area contributed by atoms with Crippen LogP contribution in [0.1, 0.15) is 33.5 Å². The van der Waals surface area contributed by atoms with Gasteiger partial charge in [0.2, 0.25) is 0 Å². The van der Waals surface area contributed by atoms with Crippen LogP contribution in [0.3, 0.4) is 0 Å². The van der Waals surface area contributed by atoms with Crippen molar-refractivity contribution in [3.63, 3.8) is 0 Å². The van der Waals surface area contributed by atoms with Crippen molar-refractivity contribution in [1.82, 2.24) is 5.32 Å². The normalized spacial score (nSPS) is 12.7. The second-order valence-electron chi connectivity index (χ2n) is 5.16. The van der Waals surface area contributed by atoms with Gasteiger partial charge < -0.3 is 14.8 Å². The second kappa shape index (κ2) is 6.77. The molecule has 8 heteroatoms. The highest BCUT2D eigenvalue weighted by Crippen LogP contribution is 2.33. The van der Waals surface area contributed by atoms with E-state index in [4.69, 9.17) is 9.52 Å². The topological polar surface area (TPSA) is 79.5 Å². The lowest BCUT2D eigenvalue weighted by Gasteiger charge is -2.19. The maximum absolute atomic E-state index is 13.2. The number of aliphatic carboxylic acids is 1. The molecule has 5 nitrogen and oxygen atoms in total. The van der Waals surface area contributed by atoms with Crippen molar-refractivity contribution in [1.29, 1.82) is 0 Å². The van der Waals surface area contributed by atoms with E-state index in [1.54, 1.807) is 0 Å². The zero-order chi connectivity index (χ0) is 17.9. The fourth-order valence-corrected chi connectivity index (χ4v) is 2.09. The van der Waals surface area contributed by atoms with Crippen LogP contribution < -0.4 is 5.32 Å². The molecular formula is C16H14F3NO4. The summed E-state index contributed by atoms with van der Waals surface area (Å²) < 4.78 is 44.4. The summed E-state index contributed by atoms with van der Waals surface area (Å²) in [6, 6.07) is 5.57. The van der Waals surface area contributed by atoms with Gasteiger partial charge in [-0.05, 0) is 36.8 Å². The molecule has 0 saturated carbocycles. The van der Waals surface area contributed by atoms with Crippen molar-refractivity contribution in [2.45, 2.75) is 25.6 Å². The molecular weight excluding hydrogens is 327 g/mol. The Labute approximate surface area is 135 Å². The summed E-state index contributed by atoms with van der Waals surface area (Å²) >= 11 is 0. The number of nitrogens with one attached hydrogen (secondary N) is 1. The maximum atomic E-state index is 13.2. The molecule has 1 aromatic carbocycles. The molecule has 0 aliphatic carbocycles. The summed E-state index contributed by atoms with van der Waals surface area (Å²) in [5.74, 6) is -2.09. The number of carbonyl (C=O) groups is 2. The van der Waals surface area contributed by atoms with Gasteiger partial charge in [-0.25, -0.2) is 0 Å². The van der Waals surface area contributed by atoms with Crippen LogP contribution >= 0.6 is 0 Å². The predicted octanol–water partition coefficient (Wildman–Crippen LogP) is 3.25. The molecule has 2 N–H and O–H groups in total. The number of furan rings is 1. The number of hydrogen-bond acceptors (Lipinski definition) is 3. The molecule has 0 saturated heterocycles. The molecule has 128 valence electrons. The molecule has 0 aliphatic heterocycles. The van der Waals surface area contributed by atoms with Crippen LogP contribution in [0.4, 0.5) is 13.2 Å². The first-order valence-electron chi connectivity index (χ1n) is 6.91. The number of aryl methyl sites for hydroxylation is 1. The van der Waals surface area contributed by atoms with Crippen LogP contribution in [0.2, 0.25) is 0 Å². The van der Waals surface area contributed by atoms with Crippen molar-refractivity contribution in [2.24, 2.45) is 0 Å². The van der Waals surface area contributed by atoms with E-state index >= 15 is 0 Å². The first kappa shape index (κ1) is 17.6. The number of benzene rings is 1. The number of carbonyl (C=O) groups excluding carboxylic acids is 1. The van der Waals surface area contributed by atoms with Crippen molar-refractivity contribution >= 4 is 11.9 Å². The molecule has 0 fully saturated rings. The molecule has 1 aromatic heterocycles. The van der Waals surface area contributed by atoms with Crippen molar-refractivity contribution in [3.05, 3.63) is 59.0 Å². The molecule has 0 bridgehead atoms. The highest BCUT2D eigenvalue weighted by atomic mass is 19.4. The van der Waals surface area contributed by atoms with Crippen LogP contribution in [0, 0.1) is 6.92 Å². The predicted molar refractivity (Wildman–Crippen MR) is 77.5 cm³/mol. The molecule has 2 aromatic rings. The maximum Gasteiger partial charge on any atom is 0.415 e. The van der Waals surface area contributed by atoms with Crippen molar-refractivity contribution in [3.8, 4) is 0 Å². The van der Waals surface area contributed by atoms with Gasteiger partial charge in [0, 0.05) is 5.56 Å². The Morgan fingerprint density at radius 2 is 1.79 bits per heavy atom. The molecule has 1 heterocycles. The second-order valence-corrected chi connectivity index (χ2v) is 5.16. The van der Waals surface area contributed by atoms with Crippen LogP contribution in [0.15, 0.2) is 40.8 Å². The van der Waals surface area contributed by atoms with Gasteiger partial charge in [-0.3, -0.25) is 9.59 Å². The van der Waals surface area contributed by atoms with Gasteiger partial charge in [-0.1, -0.05) is 12.1 Å². The lowest BCUT2D eigenvalue weighted by Crippen LogP contribution is -2.37. The molecule has 1 unspecified atom stereocenters. The number of carboxylic acids is 1. The number of carboxylic acid groups (broad SMARTS) is 1. The smallest absolute Gasteiger partial charge is 0.415 e. The van der Waals surface area contributed by atoms with Crippen molar-refractivity contribution < 1.29 is 32.3 Å². The standard InChI is InChI=1S/C16H14F3NO4/c1-9-2-7-12(24-9)14(16(17,18)19)20-15(23)11-5-3-10(4-6-11)8-13(21)22/h2-7,14H,8H2,1H3,(H,20,23)(H,21,22). The fourth-order valence-electron chi connectivity index (χ4n) is 2.09. The molecule has 0 aliphatic rings. The fraction of sp³-hybridized carbons (Fsp3) is 0.250. The van der Waals surface area contributed by atoms with Gasteiger partial charge in [-0.2, -0.15) is 13.2 Å². The average Bonchev–Trinajstić information content (AvgIpc) is 2.89. The third kappa shape index (κ3) is 4.37. The number of alkyl halides is 3. The van der Waals surface area contributed by atoms with Crippen LogP contribution in [0.25, 0.3) is 0 Å². The Balaban J connectivity index is 2.17. The summed E-state index contributed by atoms with van der Waals surface area (Å²) in [5, 5.41) is 10.6. The molecule has 1 atom stereocenters. The highest BCUT2D eigenvalue weighted by Gasteiger charge is 2.44. The first-order chi connectivity index (χ1) is 11.2. The van der Waals surface area contributed by atoms with Crippen LogP contribution in [-0.4, -0.2) is 23.2 Å². The largest absolute Gasteiger partial charge is 0.481 e. The minimum Gasteiger partial charge on any atom is -0.481 e. The summed E-state index contributed by atoms with van der Waals surface area (Å²) in [4.78, 5) is 22.6. The van der Waals surface area contributed by atoms with Crippen LogP contribution in [-0.2, 0) is 11.2 Å². The van der Waals surface area contributed by atoms with Gasteiger partial charge in [0.25, 0.3) is 5.91 Å². The number of halogens is 3. The molecule has 1 amide bonds. The van der Waals surface area contributed by atoms with Gasteiger partial charge in [0.15, 0.2) is 6.04 Å². The first-order valence-corrected chi connectivity index (χ1v) is 6.91. The Morgan fingerprint density at radius 1 is 1.17 bits per heavy atom. The zero-order valence-corrected chi connectivity index (χ0v) is 12.6. The third-order valence-electron chi connectivity index (χ3n) is 3.22. The molecule has 2 rings (SSSR count). The van der Waals surface area contributed by atoms with Crippen LogP contribution in [0.5, 0.6) is 0 Å². The molecule has 0 radical (unpaired) electrons. The summed E-state index contributed by atoms with van der Waals surface area (Å²) in [7, 11) is 0. The number of amides is 1. The van der Waals surface area contributed by atoms with E-state index in [1.165, 1.54) is 37.3 Å². The Morgan fingerprint density at radius 3 is 2.25 bits per heavy atom. The summed E-state index contributed by atoms with van der Waals surface area (Å²) in [6.45, 7) is 1.50. The summed E-state index contributed by atoms with van der Waals surface area (Å²) in [5.41, 5.74) is 0.426. The highest BCUT2D eigenvalue weighted by molar-refractivity contribution is 5.94. The van der Waals surface area contributed by atoms with E-state index in [0.29, 0.717) is 11.3 Å². The average molecular weight is 341 g/mol. The van der Waals surface area contributed by atoms with E-state index in [2.05, 4.69) is 0 Å². The summed E-state index contributed by atoms with van der Waals surface area (Å²) in [6.07, 6.45) is -4.96. The molecule has 0 spiro atoms. The van der Waals surface area contributed by atoms with E-state index < -0.39 is 29.9 Å². The molecule has 24 heavy (non-hydrogen) atoms. The lowest BCUT2D eigenvalue weighted by molar-refractivity contribution is -0.159.